The molecule has 2 aromatic carbocycles. The second-order valence-corrected chi connectivity index (χ2v) is 14.3. The maximum Gasteiger partial charge on any atom is 0.296 e. The third kappa shape index (κ3) is 9.51. The molecule has 214 valence electrons. The van der Waals surface area contributed by atoms with Gasteiger partial charge in [0.15, 0.2) is 0 Å². The van der Waals surface area contributed by atoms with E-state index in [1.165, 1.54) is 10.4 Å². The van der Waals surface area contributed by atoms with Crippen LogP contribution < -0.4 is 0 Å². The molecule has 1 aliphatic heterocycles. The van der Waals surface area contributed by atoms with Gasteiger partial charge in [0.2, 0.25) is 0 Å². The minimum atomic E-state index is -3.77. The highest BCUT2D eigenvalue weighted by Crippen LogP contribution is 2.38. The van der Waals surface area contributed by atoms with Crippen LogP contribution in [0.1, 0.15) is 56.5 Å². The summed E-state index contributed by atoms with van der Waals surface area (Å²) in [5.74, 6) is 0.359. The molecular weight excluding hydrogens is 592 g/mol. The maximum absolute atomic E-state index is 12.7. The van der Waals surface area contributed by atoms with Gasteiger partial charge in [-0.2, -0.15) is 8.42 Å². The number of halogens is 1. The van der Waals surface area contributed by atoms with Crippen molar-refractivity contribution in [3.05, 3.63) is 86.5 Å². The number of hydrogen-bond acceptors (Lipinski definition) is 6. The van der Waals surface area contributed by atoms with Gasteiger partial charge in [-0.3, -0.25) is 14.0 Å². The molecule has 2 heterocycles. The summed E-state index contributed by atoms with van der Waals surface area (Å²) in [6.45, 7) is 17.0. The summed E-state index contributed by atoms with van der Waals surface area (Å²) in [6.07, 6.45) is 0. The topological polar surface area (TPSA) is 49.9 Å². The Morgan fingerprint density at radius 2 is 1.67 bits per heavy atom. The van der Waals surface area contributed by atoms with Gasteiger partial charge in [-0.05, 0) is 80.9 Å². The third-order valence-electron chi connectivity index (χ3n) is 7.16. The largest absolute Gasteiger partial charge is 0.299 e. The van der Waals surface area contributed by atoms with Crippen LogP contribution in [-0.2, 0) is 20.8 Å². The lowest BCUT2D eigenvalue weighted by Crippen LogP contribution is -2.36. The molecule has 0 bridgehead atoms. The van der Waals surface area contributed by atoms with Gasteiger partial charge in [-0.25, -0.2) is 0 Å². The van der Waals surface area contributed by atoms with E-state index in [1.54, 1.807) is 35.6 Å². The zero-order chi connectivity index (χ0) is 28.6. The van der Waals surface area contributed by atoms with E-state index in [9.17, 15) is 8.42 Å². The zero-order valence-corrected chi connectivity index (χ0v) is 27.2. The van der Waals surface area contributed by atoms with Crippen LogP contribution in [0.15, 0.2) is 75.4 Å². The van der Waals surface area contributed by atoms with Crippen LogP contribution in [0.5, 0.6) is 0 Å². The minimum Gasteiger partial charge on any atom is -0.299 e. The molecule has 5 nitrogen and oxygen atoms in total. The quantitative estimate of drug-likeness (QED) is 0.215. The lowest BCUT2D eigenvalue weighted by atomic mass is 9.95. The first kappa shape index (κ1) is 32.0. The first-order chi connectivity index (χ1) is 18.5. The molecule has 1 fully saturated rings. The van der Waals surface area contributed by atoms with Crippen LogP contribution in [0.25, 0.3) is 0 Å². The highest BCUT2D eigenvalue weighted by molar-refractivity contribution is 9.10. The van der Waals surface area contributed by atoms with E-state index < -0.39 is 10.1 Å². The highest BCUT2D eigenvalue weighted by atomic mass is 79.9. The summed E-state index contributed by atoms with van der Waals surface area (Å²) in [5.41, 5.74) is 2.28. The van der Waals surface area contributed by atoms with Gasteiger partial charge >= 0.3 is 0 Å². The summed E-state index contributed by atoms with van der Waals surface area (Å²) in [4.78, 5) is 6.32. The monoisotopic (exact) mass is 634 g/mol. The molecule has 2 unspecified atom stereocenters. The molecule has 1 saturated heterocycles. The van der Waals surface area contributed by atoms with Crippen molar-refractivity contribution < 1.29 is 12.6 Å². The van der Waals surface area contributed by atoms with E-state index in [4.69, 9.17) is 4.18 Å². The van der Waals surface area contributed by atoms with Crippen LogP contribution in [0.4, 0.5) is 0 Å². The van der Waals surface area contributed by atoms with E-state index in [2.05, 4.69) is 83.9 Å². The van der Waals surface area contributed by atoms with Crippen molar-refractivity contribution in [1.29, 1.82) is 0 Å². The Kier molecular flexibility index (Phi) is 12.2. The summed E-state index contributed by atoms with van der Waals surface area (Å²) >= 11 is 5.26. The van der Waals surface area contributed by atoms with Crippen LogP contribution in [0, 0.1) is 12.8 Å². The van der Waals surface area contributed by atoms with Crippen molar-refractivity contribution in [2.45, 2.75) is 71.0 Å². The highest BCUT2D eigenvalue weighted by Gasteiger charge is 2.36. The summed E-state index contributed by atoms with van der Waals surface area (Å²) < 4.78 is 32.0. The van der Waals surface area contributed by atoms with Gasteiger partial charge in [0, 0.05) is 58.3 Å². The fraction of sp³-hybridized carbons (Fsp3) is 0.484. The van der Waals surface area contributed by atoms with Crippen molar-refractivity contribution in [3.63, 3.8) is 0 Å². The first-order valence-corrected chi connectivity index (χ1v) is 16.8. The van der Waals surface area contributed by atoms with Crippen LogP contribution in [0.3, 0.4) is 0 Å². The number of benzene rings is 2. The summed E-state index contributed by atoms with van der Waals surface area (Å²) in [5, 5.41) is 2.08. The van der Waals surface area contributed by atoms with Crippen molar-refractivity contribution in [2.24, 2.45) is 5.92 Å². The van der Waals surface area contributed by atoms with Crippen molar-refractivity contribution >= 4 is 37.4 Å². The Balaban J connectivity index is 0.000000403. The summed E-state index contributed by atoms with van der Waals surface area (Å²) in [6, 6.07) is 20.7. The molecule has 4 rings (SSSR count). The molecule has 0 spiro atoms. The predicted octanol–water partition coefficient (Wildman–Crippen LogP) is 7.57. The van der Waals surface area contributed by atoms with Gasteiger partial charge in [0.25, 0.3) is 10.1 Å². The smallest absolute Gasteiger partial charge is 0.296 e. The maximum atomic E-state index is 12.7. The normalized spacial score (nSPS) is 18.1. The number of likely N-dealkylation sites (tertiary alicyclic amines) is 1. The number of nitrogens with zero attached hydrogens (tertiary/aromatic N) is 2. The first-order valence-electron chi connectivity index (χ1n) is 13.7. The Labute approximate surface area is 248 Å². The Morgan fingerprint density at radius 3 is 2.18 bits per heavy atom. The van der Waals surface area contributed by atoms with E-state index >= 15 is 0 Å². The molecule has 39 heavy (non-hydrogen) atoms. The second-order valence-electron chi connectivity index (χ2n) is 10.8. The number of thiophene rings is 1. The lowest BCUT2D eigenvalue weighted by Gasteiger charge is -2.28. The van der Waals surface area contributed by atoms with Gasteiger partial charge in [-0.1, -0.05) is 55.0 Å². The molecule has 2 atom stereocenters. The molecule has 0 radical (unpaired) electrons. The van der Waals surface area contributed by atoms with E-state index in [0.717, 1.165) is 36.2 Å². The molecular formula is C31H43BrN2O3S2. The predicted molar refractivity (Wildman–Crippen MR) is 167 cm³/mol. The summed E-state index contributed by atoms with van der Waals surface area (Å²) in [7, 11) is -3.77. The fourth-order valence-corrected chi connectivity index (χ4v) is 7.81. The molecule has 8 heteroatoms. The van der Waals surface area contributed by atoms with Gasteiger partial charge in [0.1, 0.15) is 0 Å². The van der Waals surface area contributed by atoms with E-state index in [-0.39, 0.29) is 23.3 Å². The molecule has 0 aliphatic carbocycles. The standard InChI is InChI=1S/C23H24BrNO3S2.C8H19N/c1-17-7-9-21(10-8-17)30(26,27)28-15-19-13-25(12-18-5-3-2-4-6-18)14-22(19)23-11-20(24)16-29-23;1-6-9(7(2)3)8(4)5/h2-11,16,19,22H,12-15H2,1H3;7-8H,6H2,1-5H3. The Morgan fingerprint density at radius 1 is 1.03 bits per heavy atom. The number of aryl methyl sites for hydroxylation is 1. The Hall–Kier alpha value is -1.55. The molecule has 0 N–H and O–H groups in total. The van der Waals surface area contributed by atoms with E-state index in [1.807, 2.05) is 25.1 Å². The van der Waals surface area contributed by atoms with Crippen molar-refractivity contribution in [2.75, 3.05) is 26.2 Å². The van der Waals surface area contributed by atoms with Crippen LogP contribution in [0.2, 0.25) is 0 Å². The fourth-order valence-electron chi connectivity index (χ4n) is 5.22. The molecule has 3 aromatic rings. The SMILES string of the molecule is CCN(C(C)C)C(C)C.Cc1ccc(S(=O)(=O)OCC2CN(Cc3ccccc3)CC2c2cc(Br)cs2)cc1. The molecule has 1 aliphatic rings. The average molecular weight is 636 g/mol. The van der Waals surface area contributed by atoms with Gasteiger partial charge < -0.3 is 0 Å². The third-order valence-corrected chi connectivity index (χ3v) is 10.3. The molecule has 0 amide bonds. The van der Waals surface area contributed by atoms with Crippen molar-refractivity contribution in [3.8, 4) is 0 Å². The van der Waals surface area contributed by atoms with E-state index in [0.29, 0.717) is 12.1 Å². The second kappa shape index (κ2) is 14.9. The van der Waals surface area contributed by atoms with Crippen LogP contribution in [-0.4, -0.2) is 56.5 Å². The van der Waals surface area contributed by atoms with Gasteiger partial charge in [0.05, 0.1) is 11.5 Å². The number of hydrogen-bond donors (Lipinski definition) is 0. The average Bonchev–Trinajstić information content (AvgIpc) is 3.50. The number of rotatable bonds is 10. The molecule has 0 saturated carbocycles. The van der Waals surface area contributed by atoms with Crippen LogP contribution >= 0.6 is 27.3 Å². The zero-order valence-electron chi connectivity index (χ0n) is 24.0. The minimum absolute atomic E-state index is 0.111. The molecule has 1 aromatic heterocycles. The van der Waals surface area contributed by atoms with Crippen molar-refractivity contribution in [1.82, 2.24) is 9.80 Å². The Bertz CT molecular complexity index is 1240. The lowest BCUT2D eigenvalue weighted by molar-refractivity contribution is 0.185. The van der Waals surface area contributed by atoms with Gasteiger partial charge in [-0.15, -0.1) is 11.3 Å².